The summed E-state index contributed by atoms with van der Waals surface area (Å²) < 4.78 is 9.22. The largest absolute Gasteiger partial charge is 0.497 e. The Morgan fingerprint density at radius 3 is 2.61 bits per heavy atom. The van der Waals surface area contributed by atoms with E-state index < -0.39 is 0 Å². The van der Waals surface area contributed by atoms with E-state index >= 15 is 0 Å². The number of aryl methyl sites for hydroxylation is 1. The second kappa shape index (κ2) is 10.5. The first kappa shape index (κ1) is 22.8. The standard InChI is InChI=1S/C25H24N4O2S2/c1-18-8-6-10-20(14-18)29-23(17-33-22-12-4-3-5-13-22)27-28(25(29)32)16-24(30)26-19-9-7-11-21(15-19)31-2/h3-15H,16-17H2,1-2H3,(H,26,30). The molecule has 0 radical (unpaired) electrons. The molecule has 0 aliphatic rings. The Morgan fingerprint density at radius 1 is 1.06 bits per heavy atom. The fourth-order valence-corrected chi connectivity index (χ4v) is 4.53. The lowest BCUT2D eigenvalue weighted by Crippen LogP contribution is -2.19. The summed E-state index contributed by atoms with van der Waals surface area (Å²) in [5.41, 5.74) is 2.71. The molecule has 0 saturated carbocycles. The van der Waals surface area contributed by atoms with E-state index in [1.54, 1.807) is 29.6 Å². The number of hydrogen-bond acceptors (Lipinski definition) is 5. The highest BCUT2D eigenvalue weighted by molar-refractivity contribution is 7.98. The molecule has 3 aromatic carbocycles. The molecule has 6 nitrogen and oxygen atoms in total. The zero-order chi connectivity index (χ0) is 23.2. The summed E-state index contributed by atoms with van der Waals surface area (Å²) in [6.07, 6.45) is 0. The van der Waals surface area contributed by atoms with Crippen molar-refractivity contribution in [3.05, 3.63) is 95.0 Å². The van der Waals surface area contributed by atoms with E-state index in [0.29, 0.717) is 22.0 Å². The molecule has 1 amide bonds. The molecule has 0 bridgehead atoms. The summed E-state index contributed by atoms with van der Waals surface area (Å²) in [7, 11) is 1.59. The highest BCUT2D eigenvalue weighted by atomic mass is 32.2. The van der Waals surface area contributed by atoms with Gasteiger partial charge in [0.2, 0.25) is 10.7 Å². The van der Waals surface area contributed by atoms with Crippen molar-refractivity contribution in [3.63, 3.8) is 0 Å². The molecule has 0 spiro atoms. The van der Waals surface area contributed by atoms with Crippen LogP contribution in [0.4, 0.5) is 5.69 Å². The van der Waals surface area contributed by atoms with Gasteiger partial charge in [-0.25, -0.2) is 4.68 Å². The van der Waals surface area contributed by atoms with Gasteiger partial charge in [0, 0.05) is 22.3 Å². The fraction of sp³-hybridized carbons (Fsp3) is 0.160. The predicted molar refractivity (Wildman–Crippen MR) is 135 cm³/mol. The van der Waals surface area contributed by atoms with Crippen LogP contribution in [0.3, 0.4) is 0 Å². The summed E-state index contributed by atoms with van der Waals surface area (Å²) in [6.45, 7) is 2.05. The van der Waals surface area contributed by atoms with Crippen LogP contribution in [0, 0.1) is 11.7 Å². The quantitative estimate of drug-likeness (QED) is 0.263. The van der Waals surface area contributed by atoms with E-state index in [2.05, 4.69) is 23.5 Å². The van der Waals surface area contributed by atoms with Crippen LogP contribution in [0.1, 0.15) is 11.4 Å². The maximum atomic E-state index is 12.8. The lowest BCUT2D eigenvalue weighted by molar-refractivity contribution is -0.116. The number of ether oxygens (including phenoxy) is 1. The number of rotatable bonds is 8. The van der Waals surface area contributed by atoms with Gasteiger partial charge in [-0.1, -0.05) is 36.4 Å². The molecule has 0 aliphatic heterocycles. The van der Waals surface area contributed by atoms with Crippen molar-refractivity contribution in [1.82, 2.24) is 14.3 Å². The fourth-order valence-electron chi connectivity index (χ4n) is 3.38. The molecule has 0 atom stereocenters. The highest BCUT2D eigenvalue weighted by Crippen LogP contribution is 2.24. The second-order valence-corrected chi connectivity index (χ2v) is 8.83. The molecule has 4 rings (SSSR count). The topological polar surface area (TPSA) is 61.1 Å². The van der Waals surface area contributed by atoms with E-state index in [9.17, 15) is 4.79 Å². The number of methoxy groups -OCH3 is 1. The molecule has 168 valence electrons. The van der Waals surface area contributed by atoms with Gasteiger partial charge in [-0.3, -0.25) is 9.36 Å². The smallest absolute Gasteiger partial charge is 0.246 e. The minimum Gasteiger partial charge on any atom is -0.497 e. The Labute approximate surface area is 202 Å². The molecule has 1 heterocycles. The van der Waals surface area contributed by atoms with Crippen molar-refractivity contribution in [2.45, 2.75) is 24.1 Å². The van der Waals surface area contributed by atoms with Crippen molar-refractivity contribution in [3.8, 4) is 11.4 Å². The van der Waals surface area contributed by atoms with Crippen LogP contribution in [0.15, 0.2) is 83.8 Å². The Morgan fingerprint density at radius 2 is 1.85 bits per heavy atom. The number of anilines is 1. The van der Waals surface area contributed by atoms with E-state index in [0.717, 1.165) is 22.0 Å². The molecular weight excluding hydrogens is 452 g/mol. The Bertz CT molecular complexity index is 1320. The van der Waals surface area contributed by atoms with Crippen LogP contribution in [0.2, 0.25) is 0 Å². The predicted octanol–water partition coefficient (Wildman–Crippen LogP) is 5.65. The first-order chi connectivity index (χ1) is 16.0. The van der Waals surface area contributed by atoms with E-state index in [1.807, 2.05) is 66.1 Å². The lowest BCUT2D eigenvalue weighted by atomic mass is 10.2. The maximum absolute atomic E-state index is 12.8. The van der Waals surface area contributed by atoms with Crippen molar-refractivity contribution in [2.24, 2.45) is 0 Å². The number of amides is 1. The first-order valence-electron chi connectivity index (χ1n) is 10.4. The van der Waals surface area contributed by atoms with Crippen LogP contribution < -0.4 is 10.1 Å². The number of hydrogen-bond donors (Lipinski definition) is 1. The van der Waals surface area contributed by atoms with Gasteiger partial charge in [-0.2, -0.15) is 5.10 Å². The maximum Gasteiger partial charge on any atom is 0.246 e. The number of nitrogens with zero attached hydrogens (tertiary/aromatic N) is 3. The average Bonchev–Trinajstić information content (AvgIpc) is 3.13. The van der Waals surface area contributed by atoms with Gasteiger partial charge in [0.15, 0.2) is 0 Å². The third-order valence-electron chi connectivity index (χ3n) is 4.92. The minimum atomic E-state index is -0.212. The number of aromatic nitrogens is 3. The van der Waals surface area contributed by atoms with E-state index in [1.165, 1.54) is 0 Å². The average molecular weight is 477 g/mol. The van der Waals surface area contributed by atoms with Crippen molar-refractivity contribution in [1.29, 1.82) is 0 Å². The van der Waals surface area contributed by atoms with Crippen LogP contribution >= 0.6 is 24.0 Å². The van der Waals surface area contributed by atoms with Crippen molar-refractivity contribution < 1.29 is 9.53 Å². The summed E-state index contributed by atoms with van der Waals surface area (Å²) in [6, 6.07) is 25.5. The summed E-state index contributed by atoms with van der Waals surface area (Å²) in [5, 5.41) is 7.60. The van der Waals surface area contributed by atoms with Gasteiger partial charge in [-0.05, 0) is 61.1 Å². The van der Waals surface area contributed by atoms with Crippen molar-refractivity contribution >= 4 is 35.6 Å². The molecule has 33 heavy (non-hydrogen) atoms. The van der Waals surface area contributed by atoms with Gasteiger partial charge in [0.1, 0.15) is 18.1 Å². The van der Waals surface area contributed by atoms with Gasteiger partial charge < -0.3 is 10.1 Å². The molecule has 8 heteroatoms. The van der Waals surface area contributed by atoms with Gasteiger partial charge >= 0.3 is 0 Å². The van der Waals surface area contributed by atoms with E-state index in [4.69, 9.17) is 22.1 Å². The highest BCUT2D eigenvalue weighted by Gasteiger charge is 2.16. The van der Waals surface area contributed by atoms with Crippen LogP contribution in [-0.2, 0) is 17.1 Å². The number of carbonyl (C=O) groups excluding carboxylic acids is 1. The zero-order valence-electron chi connectivity index (χ0n) is 18.4. The lowest BCUT2D eigenvalue weighted by Gasteiger charge is -2.08. The van der Waals surface area contributed by atoms with Crippen LogP contribution in [0.25, 0.3) is 5.69 Å². The van der Waals surface area contributed by atoms with Gasteiger partial charge in [0.25, 0.3) is 0 Å². The van der Waals surface area contributed by atoms with Gasteiger partial charge in [0.05, 0.1) is 12.9 Å². The summed E-state index contributed by atoms with van der Waals surface area (Å²) >= 11 is 7.42. The zero-order valence-corrected chi connectivity index (χ0v) is 20.0. The summed E-state index contributed by atoms with van der Waals surface area (Å²) in [5.74, 6) is 1.86. The molecule has 0 unspecified atom stereocenters. The third kappa shape index (κ3) is 5.71. The number of nitrogens with one attached hydrogen (secondary N) is 1. The SMILES string of the molecule is COc1cccc(NC(=O)Cn2nc(CSc3ccccc3)n(-c3cccc(C)c3)c2=S)c1. The molecule has 0 saturated heterocycles. The van der Waals surface area contributed by atoms with Crippen LogP contribution in [0.5, 0.6) is 5.75 Å². The monoisotopic (exact) mass is 476 g/mol. The number of thioether (sulfide) groups is 1. The Kier molecular flexibility index (Phi) is 7.26. The Balaban J connectivity index is 1.61. The van der Waals surface area contributed by atoms with Crippen molar-refractivity contribution in [2.75, 3.05) is 12.4 Å². The third-order valence-corrected chi connectivity index (χ3v) is 6.33. The molecule has 0 aliphatic carbocycles. The first-order valence-corrected chi connectivity index (χ1v) is 11.8. The molecule has 1 N–H and O–H groups in total. The van der Waals surface area contributed by atoms with Gasteiger partial charge in [-0.15, -0.1) is 11.8 Å². The number of benzene rings is 3. The molecular formula is C25H24N4O2S2. The minimum absolute atomic E-state index is 0.0118. The van der Waals surface area contributed by atoms with E-state index in [-0.39, 0.29) is 12.5 Å². The molecule has 4 aromatic rings. The molecule has 1 aromatic heterocycles. The van der Waals surface area contributed by atoms with Crippen LogP contribution in [-0.4, -0.2) is 27.4 Å². The normalized spacial score (nSPS) is 10.7. The second-order valence-electron chi connectivity index (χ2n) is 7.41. The summed E-state index contributed by atoms with van der Waals surface area (Å²) in [4.78, 5) is 13.9. The number of carbonyl (C=O) groups is 1. The Hall–Kier alpha value is -3.36. The molecule has 0 fully saturated rings.